The maximum atomic E-state index is 11.2. The van der Waals surface area contributed by atoms with Crippen LogP contribution in [0.25, 0.3) is 0 Å². The van der Waals surface area contributed by atoms with Gasteiger partial charge in [-0.3, -0.25) is 4.79 Å². The molecule has 16 heavy (non-hydrogen) atoms. The molecule has 0 heterocycles. The molecule has 1 aromatic rings. The van der Waals surface area contributed by atoms with Crippen LogP contribution in [0.15, 0.2) is 16.6 Å². The Morgan fingerprint density at radius 2 is 2.31 bits per heavy atom. The summed E-state index contributed by atoms with van der Waals surface area (Å²) in [5.41, 5.74) is 7.47. The van der Waals surface area contributed by atoms with E-state index in [0.717, 1.165) is 10.0 Å². The van der Waals surface area contributed by atoms with E-state index in [1.165, 1.54) is 7.11 Å². The molecular formula is C11H11BrN2O2. The maximum absolute atomic E-state index is 11.2. The minimum absolute atomic E-state index is 0.122. The highest BCUT2D eigenvalue weighted by Crippen LogP contribution is 2.21. The highest BCUT2D eigenvalue weighted by molar-refractivity contribution is 9.10. The largest absolute Gasteiger partial charge is 0.469 e. The Bertz CT molecular complexity index is 452. The van der Waals surface area contributed by atoms with E-state index in [-0.39, 0.29) is 18.9 Å². The Morgan fingerprint density at radius 3 is 2.81 bits per heavy atom. The van der Waals surface area contributed by atoms with E-state index in [4.69, 9.17) is 11.0 Å². The molecule has 2 N–H and O–H groups in total. The fourth-order valence-electron chi connectivity index (χ4n) is 1.42. The molecule has 0 saturated carbocycles. The highest BCUT2D eigenvalue weighted by atomic mass is 79.9. The number of nitrogens with zero attached hydrogens (tertiary/aromatic N) is 1. The van der Waals surface area contributed by atoms with Crippen LogP contribution in [0.2, 0.25) is 0 Å². The van der Waals surface area contributed by atoms with Crippen molar-refractivity contribution in [2.45, 2.75) is 13.0 Å². The molecule has 1 rings (SSSR count). The first-order valence-corrected chi connectivity index (χ1v) is 5.40. The zero-order valence-corrected chi connectivity index (χ0v) is 10.4. The molecule has 0 radical (unpaired) electrons. The molecule has 84 valence electrons. The van der Waals surface area contributed by atoms with Crippen LogP contribution >= 0.6 is 15.9 Å². The fraction of sp³-hybridized carbons (Fsp3) is 0.273. The molecule has 0 fully saturated rings. The third-order valence-corrected chi connectivity index (χ3v) is 2.65. The first kappa shape index (κ1) is 12.7. The molecule has 5 heteroatoms. The number of benzene rings is 1. The van der Waals surface area contributed by atoms with Gasteiger partial charge in [-0.1, -0.05) is 15.9 Å². The monoisotopic (exact) mass is 282 g/mol. The van der Waals surface area contributed by atoms with Crippen molar-refractivity contribution in [2.75, 3.05) is 7.11 Å². The van der Waals surface area contributed by atoms with Crippen molar-refractivity contribution in [1.29, 1.82) is 5.26 Å². The number of ether oxygens (including phenoxy) is 1. The van der Waals surface area contributed by atoms with Crippen LogP contribution in [-0.2, 0) is 22.5 Å². The molecule has 0 atom stereocenters. The summed E-state index contributed by atoms with van der Waals surface area (Å²) in [6.07, 6.45) is 0.122. The average molecular weight is 283 g/mol. The first-order chi connectivity index (χ1) is 7.62. The number of halogens is 1. The van der Waals surface area contributed by atoms with Crippen LogP contribution in [0.4, 0.5) is 0 Å². The molecule has 0 aliphatic heterocycles. The van der Waals surface area contributed by atoms with E-state index in [2.05, 4.69) is 26.7 Å². The van der Waals surface area contributed by atoms with Crippen LogP contribution in [0, 0.1) is 11.3 Å². The molecule has 0 amide bonds. The molecule has 4 nitrogen and oxygen atoms in total. The summed E-state index contributed by atoms with van der Waals surface area (Å²) >= 11 is 3.28. The van der Waals surface area contributed by atoms with Gasteiger partial charge in [0.25, 0.3) is 0 Å². The van der Waals surface area contributed by atoms with Gasteiger partial charge in [0.2, 0.25) is 0 Å². The summed E-state index contributed by atoms with van der Waals surface area (Å²) in [6.45, 7) is 0.225. The zero-order chi connectivity index (χ0) is 12.1. The van der Waals surface area contributed by atoms with E-state index in [1.54, 1.807) is 12.1 Å². The molecule has 0 aromatic heterocycles. The molecule has 0 bridgehead atoms. The average Bonchev–Trinajstić information content (AvgIpc) is 2.28. The van der Waals surface area contributed by atoms with Crippen LogP contribution in [0.1, 0.15) is 16.7 Å². The summed E-state index contributed by atoms with van der Waals surface area (Å²) in [7, 11) is 1.33. The number of methoxy groups -OCH3 is 1. The zero-order valence-electron chi connectivity index (χ0n) is 8.79. The summed E-state index contributed by atoms with van der Waals surface area (Å²) in [5, 5.41) is 8.95. The number of hydrogen-bond acceptors (Lipinski definition) is 4. The van der Waals surface area contributed by atoms with Gasteiger partial charge in [-0.15, -0.1) is 0 Å². The van der Waals surface area contributed by atoms with Crippen molar-refractivity contribution < 1.29 is 9.53 Å². The smallest absolute Gasteiger partial charge is 0.309 e. The van der Waals surface area contributed by atoms with Crippen molar-refractivity contribution in [3.8, 4) is 6.07 Å². The summed E-state index contributed by atoms with van der Waals surface area (Å²) in [5.74, 6) is -0.350. The lowest BCUT2D eigenvalue weighted by Crippen LogP contribution is -2.10. The van der Waals surface area contributed by atoms with Crippen LogP contribution < -0.4 is 5.73 Å². The minimum atomic E-state index is -0.350. The summed E-state index contributed by atoms with van der Waals surface area (Å²) in [4.78, 5) is 11.2. The number of nitriles is 1. The predicted molar refractivity (Wildman–Crippen MR) is 62.5 cm³/mol. The van der Waals surface area contributed by atoms with Crippen LogP contribution in [0.5, 0.6) is 0 Å². The number of nitrogens with two attached hydrogens (primary N) is 1. The molecule has 0 spiro atoms. The Kier molecular flexibility index (Phi) is 4.47. The molecule has 0 aliphatic carbocycles. The predicted octanol–water partition coefficient (Wildman–Crippen LogP) is 1.49. The number of carbonyl (C=O) groups is 1. The van der Waals surface area contributed by atoms with E-state index in [1.807, 2.05) is 0 Å². The van der Waals surface area contributed by atoms with Crippen molar-refractivity contribution in [3.05, 3.63) is 33.3 Å². The Labute approximate surface area is 102 Å². The van der Waals surface area contributed by atoms with E-state index in [9.17, 15) is 4.79 Å². The minimum Gasteiger partial charge on any atom is -0.469 e. The van der Waals surface area contributed by atoms with Gasteiger partial charge in [-0.05, 0) is 23.3 Å². The Balaban J connectivity index is 3.21. The first-order valence-electron chi connectivity index (χ1n) is 4.60. The van der Waals surface area contributed by atoms with Gasteiger partial charge in [0, 0.05) is 11.0 Å². The van der Waals surface area contributed by atoms with Gasteiger partial charge in [-0.25, -0.2) is 0 Å². The third kappa shape index (κ3) is 2.81. The van der Waals surface area contributed by atoms with E-state index >= 15 is 0 Å². The third-order valence-electron chi connectivity index (χ3n) is 2.19. The molecule has 0 unspecified atom stereocenters. The quantitative estimate of drug-likeness (QED) is 0.853. The summed E-state index contributed by atoms with van der Waals surface area (Å²) < 4.78 is 5.34. The second-order valence-electron chi connectivity index (χ2n) is 3.16. The van der Waals surface area contributed by atoms with Gasteiger partial charge in [-0.2, -0.15) is 5.26 Å². The fourth-order valence-corrected chi connectivity index (χ4v) is 1.92. The number of carbonyl (C=O) groups excluding carboxylic acids is 1. The van der Waals surface area contributed by atoms with Crippen LogP contribution in [0.3, 0.4) is 0 Å². The standard InChI is InChI=1S/C11H11BrN2O2/c1-16-11(15)4-7-2-9(12)3-8(5-13)10(7)6-14/h2-3H,4,6,14H2,1H3. The van der Waals surface area contributed by atoms with Gasteiger partial charge in [0.15, 0.2) is 0 Å². The SMILES string of the molecule is COC(=O)Cc1cc(Br)cc(C#N)c1CN. The molecule has 0 saturated heterocycles. The molecular weight excluding hydrogens is 272 g/mol. The molecule has 1 aromatic carbocycles. The topological polar surface area (TPSA) is 76.1 Å². The number of esters is 1. The maximum Gasteiger partial charge on any atom is 0.309 e. The second-order valence-corrected chi connectivity index (χ2v) is 4.08. The lowest BCUT2D eigenvalue weighted by atomic mass is 9.99. The number of hydrogen-bond donors (Lipinski definition) is 1. The van der Waals surface area contributed by atoms with Crippen molar-refractivity contribution >= 4 is 21.9 Å². The Hall–Kier alpha value is -1.38. The second kappa shape index (κ2) is 5.64. The van der Waals surface area contributed by atoms with Gasteiger partial charge < -0.3 is 10.5 Å². The van der Waals surface area contributed by atoms with E-state index < -0.39 is 0 Å². The normalized spacial score (nSPS) is 9.62. The van der Waals surface area contributed by atoms with Crippen LogP contribution in [-0.4, -0.2) is 13.1 Å². The van der Waals surface area contributed by atoms with Gasteiger partial charge >= 0.3 is 5.97 Å². The lowest BCUT2D eigenvalue weighted by molar-refractivity contribution is -0.139. The van der Waals surface area contributed by atoms with Crippen molar-refractivity contribution in [1.82, 2.24) is 0 Å². The summed E-state index contributed by atoms with van der Waals surface area (Å²) in [6, 6.07) is 5.52. The number of rotatable bonds is 3. The highest BCUT2D eigenvalue weighted by Gasteiger charge is 2.12. The Morgan fingerprint density at radius 1 is 1.62 bits per heavy atom. The van der Waals surface area contributed by atoms with Crippen molar-refractivity contribution in [3.63, 3.8) is 0 Å². The van der Waals surface area contributed by atoms with Gasteiger partial charge in [0.1, 0.15) is 0 Å². The molecule has 0 aliphatic rings. The van der Waals surface area contributed by atoms with E-state index in [0.29, 0.717) is 11.1 Å². The lowest BCUT2D eigenvalue weighted by Gasteiger charge is -2.09. The van der Waals surface area contributed by atoms with Gasteiger partial charge in [0.05, 0.1) is 25.2 Å². The van der Waals surface area contributed by atoms with Crippen molar-refractivity contribution in [2.24, 2.45) is 5.73 Å².